The standard InChI is InChI=1S/C10H19F/c1-3-6-10(11)7-4-5-9(2)8-10/h9H,3-8H2,1-2H3/t9-,10+/m0/s1. The Kier molecular flexibility index (Phi) is 2.91. The van der Waals surface area contributed by atoms with E-state index in [4.69, 9.17) is 0 Å². The fraction of sp³-hybridized carbons (Fsp3) is 1.00. The first-order valence-electron chi connectivity index (χ1n) is 4.85. The predicted molar refractivity (Wildman–Crippen MR) is 46.4 cm³/mol. The number of hydrogen-bond acceptors (Lipinski definition) is 0. The molecule has 1 rings (SSSR count). The first-order chi connectivity index (χ1) is 5.16. The van der Waals surface area contributed by atoms with Gasteiger partial charge in [-0.25, -0.2) is 4.39 Å². The molecule has 1 heteroatoms. The summed E-state index contributed by atoms with van der Waals surface area (Å²) >= 11 is 0. The highest BCUT2D eigenvalue weighted by atomic mass is 19.1. The molecule has 0 N–H and O–H groups in total. The van der Waals surface area contributed by atoms with Gasteiger partial charge in [0, 0.05) is 0 Å². The minimum Gasteiger partial charge on any atom is -0.244 e. The van der Waals surface area contributed by atoms with E-state index in [9.17, 15) is 4.39 Å². The Balaban J connectivity index is 2.41. The van der Waals surface area contributed by atoms with Crippen molar-refractivity contribution >= 4 is 0 Å². The molecule has 0 spiro atoms. The van der Waals surface area contributed by atoms with Gasteiger partial charge in [0.2, 0.25) is 0 Å². The molecular formula is C10H19F. The van der Waals surface area contributed by atoms with Crippen molar-refractivity contribution in [3.63, 3.8) is 0 Å². The smallest absolute Gasteiger partial charge is 0.111 e. The van der Waals surface area contributed by atoms with Gasteiger partial charge in [0.15, 0.2) is 0 Å². The second kappa shape index (κ2) is 3.55. The highest BCUT2D eigenvalue weighted by Crippen LogP contribution is 2.38. The van der Waals surface area contributed by atoms with E-state index in [0.717, 1.165) is 32.1 Å². The molecule has 0 amide bonds. The molecule has 11 heavy (non-hydrogen) atoms. The van der Waals surface area contributed by atoms with Gasteiger partial charge in [-0.3, -0.25) is 0 Å². The van der Waals surface area contributed by atoms with E-state index in [0.29, 0.717) is 5.92 Å². The van der Waals surface area contributed by atoms with Crippen LogP contribution in [0.1, 0.15) is 52.4 Å². The highest BCUT2D eigenvalue weighted by Gasteiger charge is 2.33. The Morgan fingerprint density at radius 1 is 1.55 bits per heavy atom. The molecular weight excluding hydrogens is 139 g/mol. The van der Waals surface area contributed by atoms with Crippen LogP contribution < -0.4 is 0 Å². The van der Waals surface area contributed by atoms with Crippen LogP contribution in [-0.4, -0.2) is 5.67 Å². The lowest BCUT2D eigenvalue weighted by molar-refractivity contribution is 0.0702. The van der Waals surface area contributed by atoms with Crippen molar-refractivity contribution in [1.29, 1.82) is 0 Å². The van der Waals surface area contributed by atoms with Crippen LogP contribution in [0.3, 0.4) is 0 Å². The van der Waals surface area contributed by atoms with Gasteiger partial charge in [-0.05, 0) is 25.2 Å². The molecule has 0 aromatic heterocycles. The highest BCUT2D eigenvalue weighted by molar-refractivity contribution is 4.84. The summed E-state index contributed by atoms with van der Waals surface area (Å²) in [6.45, 7) is 4.24. The van der Waals surface area contributed by atoms with Gasteiger partial charge in [0.05, 0.1) is 0 Å². The second-order valence-electron chi connectivity index (χ2n) is 4.10. The van der Waals surface area contributed by atoms with Crippen LogP contribution in [0.4, 0.5) is 4.39 Å². The molecule has 0 aromatic carbocycles. The van der Waals surface area contributed by atoms with Gasteiger partial charge in [-0.15, -0.1) is 0 Å². The molecule has 0 aliphatic heterocycles. The molecule has 1 fully saturated rings. The number of alkyl halides is 1. The summed E-state index contributed by atoms with van der Waals surface area (Å²) < 4.78 is 13.8. The monoisotopic (exact) mass is 158 g/mol. The minimum absolute atomic E-state index is 0.611. The van der Waals surface area contributed by atoms with Crippen LogP contribution in [0.5, 0.6) is 0 Å². The third kappa shape index (κ3) is 2.46. The van der Waals surface area contributed by atoms with E-state index in [-0.39, 0.29) is 0 Å². The van der Waals surface area contributed by atoms with E-state index in [1.807, 2.05) is 0 Å². The molecule has 0 heterocycles. The van der Waals surface area contributed by atoms with Crippen LogP contribution in [0, 0.1) is 5.92 Å². The van der Waals surface area contributed by atoms with E-state index in [1.165, 1.54) is 6.42 Å². The first kappa shape index (κ1) is 9.02. The Morgan fingerprint density at radius 2 is 2.27 bits per heavy atom. The van der Waals surface area contributed by atoms with Gasteiger partial charge in [0.1, 0.15) is 5.67 Å². The first-order valence-corrected chi connectivity index (χ1v) is 4.85. The second-order valence-corrected chi connectivity index (χ2v) is 4.10. The summed E-state index contributed by atoms with van der Waals surface area (Å²) in [7, 11) is 0. The quantitative estimate of drug-likeness (QED) is 0.574. The zero-order valence-corrected chi connectivity index (χ0v) is 7.70. The third-order valence-corrected chi connectivity index (χ3v) is 2.73. The van der Waals surface area contributed by atoms with E-state index >= 15 is 0 Å². The van der Waals surface area contributed by atoms with E-state index in [1.54, 1.807) is 0 Å². The molecule has 2 atom stereocenters. The molecule has 1 aliphatic carbocycles. The molecule has 66 valence electrons. The Labute approximate surface area is 69.2 Å². The topological polar surface area (TPSA) is 0 Å². The maximum Gasteiger partial charge on any atom is 0.111 e. The molecule has 0 saturated heterocycles. The van der Waals surface area contributed by atoms with Crippen LogP contribution in [0.2, 0.25) is 0 Å². The lowest BCUT2D eigenvalue weighted by Gasteiger charge is -2.32. The number of rotatable bonds is 2. The summed E-state index contributed by atoms with van der Waals surface area (Å²) in [6, 6.07) is 0. The zero-order valence-electron chi connectivity index (χ0n) is 7.70. The summed E-state index contributed by atoms with van der Waals surface area (Å²) in [4.78, 5) is 0. The average molecular weight is 158 g/mol. The van der Waals surface area contributed by atoms with Crippen molar-refractivity contribution in [2.75, 3.05) is 0 Å². The van der Waals surface area contributed by atoms with Crippen LogP contribution in [-0.2, 0) is 0 Å². The van der Waals surface area contributed by atoms with Gasteiger partial charge in [-0.1, -0.05) is 33.1 Å². The SMILES string of the molecule is CCC[C@@]1(F)CCC[C@H](C)C1. The van der Waals surface area contributed by atoms with E-state index < -0.39 is 5.67 Å². The maximum atomic E-state index is 13.8. The van der Waals surface area contributed by atoms with Crippen molar-refractivity contribution in [1.82, 2.24) is 0 Å². The number of halogens is 1. The van der Waals surface area contributed by atoms with Gasteiger partial charge < -0.3 is 0 Å². The van der Waals surface area contributed by atoms with Gasteiger partial charge in [0.25, 0.3) is 0 Å². The minimum atomic E-state index is -0.799. The van der Waals surface area contributed by atoms with Crippen molar-refractivity contribution in [3.8, 4) is 0 Å². The third-order valence-electron chi connectivity index (χ3n) is 2.73. The molecule has 0 bridgehead atoms. The summed E-state index contributed by atoms with van der Waals surface area (Å²) in [5.74, 6) is 0.611. The fourth-order valence-electron chi connectivity index (χ4n) is 2.27. The van der Waals surface area contributed by atoms with Crippen LogP contribution in [0.15, 0.2) is 0 Å². The average Bonchev–Trinajstić information content (AvgIpc) is 1.86. The van der Waals surface area contributed by atoms with Crippen molar-refractivity contribution in [2.45, 2.75) is 58.0 Å². The zero-order chi connectivity index (χ0) is 8.32. The van der Waals surface area contributed by atoms with Crippen molar-refractivity contribution in [2.24, 2.45) is 5.92 Å². The predicted octanol–water partition coefficient (Wildman–Crippen LogP) is 3.70. The molecule has 0 nitrogen and oxygen atoms in total. The maximum absolute atomic E-state index is 13.8. The fourth-order valence-corrected chi connectivity index (χ4v) is 2.27. The number of hydrogen-bond donors (Lipinski definition) is 0. The van der Waals surface area contributed by atoms with Gasteiger partial charge in [-0.2, -0.15) is 0 Å². The Bertz CT molecular complexity index is 118. The van der Waals surface area contributed by atoms with Crippen LogP contribution in [0.25, 0.3) is 0 Å². The van der Waals surface area contributed by atoms with E-state index in [2.05, 4.69) is 13.8 Å². The summed E-state index contributed by atoms with van der Waals surface area (Å²) in [5, 5.41) is 0. The summed E-state index contributed by atoms with van der Waals surface area (Å²) in [5.41, 5.74) is -0.799. The Morgan fingerprint density at radius 3 is 2.82 bits per heavy atom. The largest absolute Gasteiger partial charge is 0.244 e. The lowest BCUT2D eigenvalue weighted by atomic mass is 9.78. The summed E-state index contributed by atoms with van der Waals surface area (Å²) in [6.07, 6.45) is 5.71. The normalized spacial score (nSPS) is 39.0. The van der Waals surface area contributed by atoms with Crippen molar-refractivity contribution in [3.05, 3.63) is 0 Å². The van der Waals surface area contributed by atoms with Crippen LogP contribution >= 0.6 is 0 Å². The molecule has 1 saturated carbocycles. The molecule has 1 aliphatic rings. The molecule has 0 unspecified atom stereocenters. The molecule has 0 aromatic rings. The van der Waals surface area contributed by atoms with Gasteiger partial charge >= 0.3 is 0 Å². The lowest BCUT2D eigenvalue weighted by Crippen LogP contribution is -2.29. The van der Waals surface area contributed by atoms with Crippen molar-refractivity contribution < 1.29 is 4.39 Å². The molecule has 0 radical (unpaired) electrons. The Hall–Kier alpha value is -0.0700.